The third-order valence-electron chi connectivity index (χ3n) is 5.35. The molecule has 0 aromatic rings. The van der Waals surface area contributed by atoms with Crippen molar-refractivity contribution in [3.8, 4) is 0 Å². The quantitative estimate of drug-likeness (QED) is 0.610. The van der Waals surface area contributed by atoms with Crippen molar-refractivity contribution >= 4 is 16.1 Å². The number of hydrogen-bond donors (Lipinski definition) is 1. The molecule has 3 fully saturated rings. The molecule has 3 aliphatic rings. The summed E-state index contributed by atoms with van der Waals surface area (Å²) in [6.45, 7) is 6.26. The van der Waals surface area contributed by atoms with E-state index in [1.165, 1.54) is 13.5 Å². The Morgan fingerprint density at radius 1 is 0.958 bits per heavy atom. The summed E-state index contributed by atoms with van der Waals surface area (Å²) in [6.07, 6.45) is 1.25. The number of piperazine rings is 1. The van der Waals surface area contributed by atoms with Gasteiger partial charge in [-0.05, 0) is 12.8 Å². The van der Waals surface area contributed by atoms with Gasteiger partial charge in [-0.3, -0.25) is 4.79 Å². The molecule has 0 atom stereocenters. The third kappa shape index (κ3) is 3.91. The molecule has 0 spiro atoms. The molecule has 0 unspecified atom stereocenters. The molecule has 3 rings (SSSR count). The fourth-order valence-corrected chi connectivity index (χ4v) is 5.25. The summed E-state index contributed by atoms with van der Waals surface area (Å²) in [7, 11) is -1.26. The molecule has 1 amide bonds. The number of amides is 1. The standard InChI is InChI=1S/C15H28N4O4S/c1-16-6-8-17(9-7-16)15(20)14-2-4-18(5-3-14)24(21,22)19-10-12-23-13-11-19/h14H,2-13H2,1H3/p+1. The Morgan fingerprint density at radius 2 is 1.50 bits per heavy atom. The topological polar surface area (TPSA) is 74.6 Å². The van der Waals surface area contributed by atoms with Gasteiger partial charge in [-0.15, -0.1) is 0 Å². The predicted molar refractivity (Wildman–Crippen MR) is 88.8 cm³/mol. The molecule has 0 saturated carbocycles. The van der Waals surface area contributed by atoms with Gasteiger partial charge >= 0.3 is 0 Å². The lowest BCUT2D eigenvalue weighted by Gasteiger charge is -2.38. The second-order valence-corrected chi connectivity index (χ2v) is 8.90. The highest BCUT2D eigenvalue weighted by Gasteiger charge is 2.37. The zero-order valence-electron chi connectivity index (χ0n) is 14.4. The number of piperidine rings is 1. The number of morpholine rings is 1. The number of likely N-dealkylation sites (N-methyl/N-ethyl adjacent to an activating group) is 1. The molecule has 138 valence electrons. The van der Waals surface area contributed by atoms with Crippen molar-refractivity contribution in [3.05, 3.63) is 0 Å². The SMILES string of the molecule is C[NH+]1CCN(C(=O)C2CCN(S(=O)(=O)N3CCOCC3)CC2)CC1. The molecular formula is C15H29N4O4S+. The van der Waals surface area contributed by atoms with E-state index in [2.05, 4.69) is 7.05 Å². The molecular weight excluding hydrogens is 332 g/mol. The van der Waals surface area contributed by atoms with Crippen LogP contribution in [0, 0.1) is 5.92 Å². The van der Waals surface area contributed by atoms with Crippen molar-refractivity contribution in [2.24, 2.45) is 5.92 Å². The van der Waals surface area contributed by atoms with Crippen molar-refractivity contribution in [2.75, 3.05) is 72.6 Å². The average Bonchev–Trinajstić information content (AvgIpc) is 2.62. The Hall–Kier alpha value is -0.740. The lowest BCUT2D eigenvalue weighted by molar-refractivity contribution is -0.883. The number of nitrogens with one attached hydrogen (secondary N) is 1. The first kappa shape index (κ1) is 18.1. The fourth-order valence-electron chi connectivity index (χ4n) is 3.64. The maximum atomic E-state index is 12.7. The highest BCUT2D eigenvalue weighted by Crippen LogP contribution is 2.23. The van der Waals surface area contributed by atoms with E-state index in [4.69, 9.17) is 4.74 Å². The van der Waals surface area contributed by atoms with Crippen LogP contribution in [0.2, 0.25) is 0 Å². The average molecular weight is 361 g/mol. The van der Waals surface area contributed by atoms with Gasteiger partial charge in [0, 0.05) is 32.1 Å². The lowest BCUT2D eigenvalue weighted by atomic mass is 9.96. The molecule has 0 aliphatic carbocycles. The monoisotopic (exact) mass is 361 g/mol. The van der Waals surface area contributed by atoms with Gasteiger partial charge in [0.25, 0.3) is 10.2 Å². The Bertz CT molecular complexity index is 534. The number of quaternary nitrogens is 1. The molecule has 3 aliphatic heterocycles. The zero-order valence-corrected chi connectivity index (χ0v) is 15.3. The maximum absolute atomic E-state index is 12.7. The second kappa shape index (κ2) is 7.65. The van der Waals surface area contributed by atoms with Crippen LogP contribution in [0.1, 0.15) is 12.8 Å². The summed E-state index contributed by atoms with van der Waals surface area (Å²) in [6, 6.07) is 0. The number of hydrogen-bond acceptors (Lipinski definition) is 4. The largest absolute Gasteiger partial charge is 0.379 e. The second-order valence-electron chi connectivity index (χ2n) is 6.97. The number of rotatable bonds is 3. The summed E-state index contributed by atoms with van der Waals surface area (Å²) in [4.78, 5) is 16.1. The highest BCUT2D eigenvalue weighted by molar-refractivity contribution is 7.86. The van der Waals surface area contributed by atoms with E-state index < -0.39 is 10.2 Å². The maximum Gasteiger partial charge on any atom is 0.282 e. The van der Waals surface area contributed by atoms with Gasteiger partial charge in [-0.1, -0.05) is 0 Å². The molecule has 24 heavy (non-hydrogen) atoms. The first-order chi connectivity index (χ1) is 11.5. The highest BCUT2D eigenvalue weighted by atomic mass is 32.2. The van der Waals surface area contributed by atoms with Gasteiger partial charge in [0.05, 0.1) is 46.4 Å². The third-order valence-corrected chi connectivity index (χ3v) is 7.39. The van der Waals surface area contributed by atoms with Gasteiger partial charge < -0.3 is 14.5 Å². The van der Waals surface area contributed by atoms with Crippen LogP contribution in [0.25, 0.3) is 0 Å². The molecule has 0 radical (unpaired) electrons. The molecule has 3 heterocycles. The van der Waals surface area contributed by atoms with Crippen molar-refractivity contribution in [3.63, 3.8) is 0 Å². The smallest absolute Gasteiger partial charge is 0.282 e. The fraction of sp³-hybridized carbons (Fsp3) is 0.933. The van der Waals surface area contributed by atoms with E-state index in [-0.39, 0.29) is 11.8 Å². The Balaban J connectivity index is 1.52. The molecule has 8 nitrogen and oxygen atoms in total. The predicted octanol–water partition coefficient (Wildman–Crippen LogP) is -2.37. The van der Waals surface area contributed by atoms with Crippen LogP contribution < -0.4 is 4.90 Å². The molecule has 0 bridgehead atoms. The van der Waals surface area contributed by atoms with E-state index in [1.54, 1.807) is 0 Å². The molecule has 1 N–H and O–H groups in total. The lowest BCUT2D eigenvalue weighted by Crippen LogP contribution is -3.12. The van der Waals surface area contributed by atoms with Crippen LogP contribution in [-0.2, 0) is 19.7 Å². The summed E-state index contributed by atoms with van der Waals surface area (Å²) < 4.78 is 33.6. The van der Waals surface area contributed by atoms with E-state index in [0.29, 0.717) is 52.2 Å². The van der Waals surface area contributed by atoms with Crippen LogP contribution in [0.4, 0.5) is 0 Å². The molecule has 9 heteroatoms. The number of carbonyl (C=O) groups is 1. The van der Waals surface area contributed by atoms with Crippen LogP contribution in [0.5, 0.6) is 0 Å². The first-order valence-corrected chi connectivity index (χ1v) is 10.3. The summed E-state index contributed by atoms with van der Waals surface area (Å²) in [5.41, 5.74) is 0. The minimum atomic E-state index is -3.41. The van der Waals surface area contributed by atoms with Crippen molar-refractivity contribution in [1.29, 1.82) is 0 Å². The Labute approximate surface area is 144 Å². The molecule has 3 saturated heterocycles. The van der Waals surface area contributed by atoms with E-state index >= 15 is 0 Å². The van der Waals surface area contributed by atoms with Crippen molar-refractivity contribution < 1.29 is 22.8 Å². The zero-order chi connectivity index (χ0) is 17.2. The van der Waals surface area contributed by atoms with Gasteiger partial charge in [-0.2, -0.15) is 17.0 Å². The van der Waals surface area contributed by atoms with Crippen LogP contribution in [-0.4, -0.2) is 100 Å². The van der Waals surface area contributed by atoms with E-state index in [0.717, 1.165) is 26.2 Å². The van der Waals surface area contributed by atoms with Crippen LogP contribution >= 0.6 is 0 Å². The van der Waals surface area contributed by atoms with E-state index in [9.17, 15) is 13.2 Å². The van der Waals surface area contributed by atoms with Gasteiger partial charge in [0.1, 0.15) is 0 Å². The Kier molecular flexibility index (Phi) is 5.76. The Morgan fingerprint density at radius 3 is 2.08 bits per heavy atom. The minimum Gasteiger partial charge on any atom is -0.379 e. The number of ether oxygens (including phenoxy) is 1. The van der Waals surface area contributed by atoms with Crippen LogP contribution in [0.15, 0.2) is 0 Å². The van der Waals surface area contributed by atoms with Gasteiger partial charge in [0.2, 0.25) is 5.91 Å². The summed E-state index contributed by atoms with van der Waals surface area (Å²) >= 11 is 0. The number of nitrogens with zero attached hydrogens (tertiary/aromatic N) is 3. The number of carbonyl (C=O) groups excluding carboxylic acids is 1. The summed E-state index contributed by atoms with van der Waals surface area (Å²) in [5, 5.41) is 0. The minimum absolute atomic E-state index is 0.0282. The van der Waals surface area contributed by atoms with Crippen LogP contribution in [0.3, 0.4) is 0 Å². The van der Waals surface area contributed by atoms with Gasteiger partial charge in [-0.25, -0.2) is 0 Å². The normalized spacial score (nSPS) is 26.6. The molecule has 0 aromatic heterocycles. The summed E-state index contributed by atoms with van der Waals surface area (Å²) in [5.74, 6) is 0.186. The molecule has 0 aromatic carbocycles. The first-order valence-electron chi connectivity index (χ1n) is 8.91. The van der Waals surface area contributed by atoms with Crippen molar-refractivity contribution in [2.45, 2.75) is 12.8 Å². The van der Waals surface area contributed by atoms with E-state index in [1.807, 2.05) is 4.90 Å². The van der Waals surface area contributed by atoms with Gasteiger partial charge in [0.15, 0.2) is 0 Å². The van der Waals surface area contributed by atoms with Crippen molar-refractivity contribution in [1.82, 2.24) is 13.5 Å².